The lowest BCUT2D eigenvalue weighted by Crippen LogP contribution is -2.42. The minimum atomic E-state index is -0.00194. The van der Waals surface area contributed by atoms with Crippen molar-refractivity contribution in [2.45, 2.75) is 51.0 Å². The molecule has 0 saturated heterocycles. The highest BCUT2D eigenvalue weighted by molar-refractivity contribution is 5.92. The minimum Gasteiger partial charge on any atom is -0.354 e. The average Bonchev–Trinajstić information content (AvgIpc) is 3.05. The SMILES string of the molecule is CC(=O)NC1CC(c2cc(NC(=O)C3CCc4ccccc4C3)n[nH]2)C1. The summed E-state index contributed by atoms with van der Waals surface area (Å²) in [6, 6.07) is 10.5. The van der Waals surface area contributed by atoms with Gasteiger partial charge >= 0.3 is 0 Å². The molecule has 0 aliphatic heterocycles. The zero-order chi connectivity index (χ0) is 18.1. The number of anilines is 1. The Hall–Kier alpha value is -2.63. The van der Waals surface area contributed by atoms with Gasteiger partial charge in [0.2, 0.25) is 11.8 Å². The van der Waals surface area contributed by atoms with Crippen LogP contribution in [-0.4, -0.2) is 28.1 Å². The van der Waals surface area contributed by atoms with Crippen LogP contribution in [0.1, 0.15) is 48.9 Å². The molecule has 136 valence electrons. The third kappa shape index (κ3) is 3.49. The highest BCUT2D eigenvalue weighted by Crippen LogP contribution is 2.36. The van der Waals surface area contributed by atoms with Gasteiger partial charge in [-0.1, -0.05) is 24.3 Å². The van der Waals surface area contributed by atoms with Gasteiger partial charge in [0.25, 0.3) is 0 Å². The van der Waals surface area contributed by atoms with Crippen molar-refractivity contribution in [2.75, 3.05) is 5.32 Å². The molecule has 2 aliphatic carbocycles. The normalized spacial score (nSPS) is 24.3. The highest BCUT2D eigenvalue weighted by atomic mass is 16.2. The first-order valence-corrected chi connectivity index (χ1v) is 9.28. The van der Waals surface area contributed by atoms with Crippen LogP contribution < -0.4 is 10.6 Å². The molecule has 1 unspecified atom stereocenters. The lowest BCUT2D eigenvalue weighted by molar-refractivity contribution is -0.121. The van der Waals surface area contributed by atoms with E-state index in [1.54, 1.807) is 6.92 Å². The Morgan fingerprint density at radius 2 is 1.96 bits per heavy atom. The quantitative estimate of drug-likeness (QED) is 0.790. The van der Waals surface area contributed by atoms with Crippen molar-refractivity contribution in [3.8, 4) is 0 Å². The van der Waals surface area contributed by atoms with Crippen molar-refractivity contribution < 1.29 is 9.59 Å². The molecule has 3 N–H and O–H groups in total. The van der Waals surface area contributed by atoms with Gasteiger partial charge in [-0.05, 0) is 43.2 Å². The largest absolute Gasteiger partial charge is 0.354 e. The first-order valence-electron chi connectivity index (χ1n) is 9.28. The van der Waals surface area contributed by atoms with Crippen molar-refractivity contribution in [3.05, 3.63) is 47.2 Å². The van der Waals surface area contributed by atoms with Gasteiger partial charge < -0.3 is 10.6 Å². The minimum absolute atomic E-state index is 0.00194. The Morgan fingerprint density at radius 3 is 2.73 bits per heavy atom. The van der Waals surface area contributed by atoms with Crippen LogP contribution in [-0.2, 0) is 22.4 Å². The standard InChI is InChI=1S/C20H24N4O2/c1-12(25)21-17-9-16(10-17)18-11-19(24-23-18)22-20(26)15-7-6-13-4-2-3-5-14(13)8-15/h2-5,11,15-17H,6-10H2,1H3,(H,21,25)(H2,22,23,24,26). The second-order valence-corrected chi connectivity index (χ2v) is 7.47. The van der Waals surface area contributed by atoms with Gasteiger partial charge in [0.15, 0.2) is 5.82 Å². The number of H-pyrrole nitrogens is 1. The van der Waals surface area contributed by atoms with E-state index in [1.165, 1.54) is 11.1 Å². The van der Waals surface area contributed by atoms with Crippen molar-refractivity contribution >= 4 is 17.6 Å². The van der Waals surface area contributed by atoms with E-state index in [1.807, 2.05) is 12.1 Å². The van der Waals surface area contributed by atoms with Gasteiger partial charge in [-0.2, -0.15) is 5.10 Å². The predicted molar refractivity (Wildman–Crippen MR) is 98.8 cm³/mol. The number of aromatic amines is 1. The van der Waals surface area contributed by atoms with E-state index >= 15 is 0 Å². The highest BCUT2D eigenvalue weighted by Gasteiger charge is 2.32. The second-order valence-electron chi connectivity index (χ2n) is 7.47. The molecule has 0 radical (unpaired) electrons. The fraction of sp³-hybridized carbons (Fsp3) is 0.450. The number of nitrogens with one attached hydrogen (secondary N) is 3. The third-order valence-electron chi connectivity index (χ3n) is 5.55. The van der Waals surface area contributed by atoms with Gasteiger partial charge in [-0.25, -0.2) is 0 Å². The molecule has 6 nitrogen and oxygen atoms in total. The average molecular weight is 352 g/mol. The molecule has 2 aliphatic rings. The van der Waals surface area contributed by atoms with Gasteiger partial charge in [0.1, 0.15) is 0 Å². The van der Waals surface area contributed by atoms with Crippen molar-refractivity contribution in [1.29, 1.82) is 0 Å². The summed E-state index contributed by atoms with van der Waals surface area (Å²) in [7, 11) is 0. The van der Waals surface area contributed by atoms with Crippen molar-refractivity contribution in [3.63, 3.8) is 0 Å². The molecule has 2 aromatic rings. The summed E-state index contributed by atoms with van der Waals surface area (Å²) in [6.45, 7) is 1.54. The molecule has 1 aromatic carbocycles. The number of fused-ring (bicyclic) bond motifs is 1. The Morgan fingerprint density at radius 1 is 1.19 bits per heavy atom. The van der Waals surface area contributed by atoms with E-state index in [0.717, 1.165) is 37.8 Å². The maximum atomic E-state index is 12.6. The zero-order valence-electron chi connectivity index (χ0n) is 14.9. The molecule has 1 aromatic heterocycles. The van der Waals surface area contributed by atoms with E-state index in [0.29, 0.717) is 11.7 Å². The molecule has 0 spiro atoms. The molecular weight excluding hydrogens is 328 g/mol. The van der Waals surface area contributed by atoms with Crippen LogP contribution in [0.2, 0.25) is 0 Å². The van der Waals surface area contributed by atoms with Gasteiger partial charge in [0, 0.05) is 36.6 Å². The first-order chi connectivity index (χ1) is 12.6. The molecule has 26 heavy (non-hydrogen) atoms. The number of hydrogen-bond donors (Lipinski definition) is 3. The van der Waals surface area contributed by atoms with Crippen LogP contribution in [0.25, 0.3) is 0 Å². The summed E-state index contributed by atoms with van der Waals surface area (Å²) in [5.74, 6) is 1.01. The molecule has 1 fully saturated rings. The Bertz CT molecular complexity index is 823. The summed E-state index contributed by atoms with van der Waals surface area (Å²) in [6.07, 6.45) is 4.44. The molecule has 0 bridgehead atoms. The van der Waals surface area contributed by atoms with Crippen molar-refractivity contribution in [2.24, 2.45) is 5.92 Å². The molecule has 2 amide bonds. The van der Waals surface area contributed by atoms with Gasteiger partial charge in [-0.15, -0.1) is 0 Å². The summed E-state index contributed by atoms with van der Waals surface area (Å²) < 4.78 is 0. The van der Waals surface area contributed by atoms with Gasteiger partial charge in [-0.3, -0.25) is 14.7 Å². The fourth-order valence-corrected chi connectivity index (χ4v) is 4.04. The number of amides is 2. The lowest BCUT2D eigenvalue weighted by Gasteiger charge is -2.34. The molecule has 6 heteroatoms. The number of carbonyl (C=O) groups is 2. The molecular formula is C20H24N4O2. The maximum absolute atomic E-state index is 12.6. The zero-order valence-corrected chi connectivity index (χ0v) is 14.9. The Kier molecular flexibility index (Phi) is 4.49. The smallest absolute Gasteiger partial charge is 0.229 e. The Balaban J connectivity index is 1.32. The van der Waals surface area contributed by atoms with Crippen molar-refractivity contribution in [1.82, 2.24) is 15.5 Å². The first kappa shape index (κ1) is 16.8. The summed E-state index contributed by atoms with van der Waals surface area (Å²) in [4.78, 5) is 23.7. The monoisotopic (exact) mass is 352 g/mol. The maximum Gasteiger partial charge on any atom is 0.229 e. The predicted octanol–water partition coefficient (Wildman–Crippen LogP) is 2.54. The Labute approximate surface area is 152 Å². The number of nitrogens with zero attached hydrogens (tertiary/aromatic N) is 1. The van der Waals surface area contributed by atoms with Crippen LogP contribution in [0, 0.1) is 5.92 Å². The number of aryl methyl sites for hydroxylation is 1. The van der Waals surface area contributed by atoms with Crippen LogP contribution in [0.5, 0.6) is 0 Å². The topological polar surface area (TPSA) is 86.9 Å². The second kappa shape index (κ2) is 6.94. The van der Waals surface area contributed by atoms with E-state index in [2.05, 4.69) is 39.0 Å². The number of carbonyl (C=O) groups excluding carboxylic acids is 2. The number of rotatable bonds is 4. The van der Waals surface area contributed by atoms with Crippen LogP contribution >= 0.6 is 0 Å². The third-order valence-corrected chi connectivity index (χ3v) is 5.55. The van der Waals surface area contributed by atoms with E-state index in [9.17, 15) is 9.59 Å². The number of benzene rings is 1. The van der Waals surface area contributed by atoms with E-state index in [-0.39, 0.29) is 23.8 Å². The van der Waals surface area contributed by atoms with Crippen LogP contribution in [0.15, 0.2) is 30.3 Å². The van der Waals surface area contributed by atoms with Gasteiger partial charge in [0.05, 0.1) is 0 Å². The summed E-state index contributed by atoms with van der Waals surface area (Å²) >= 11 is 0. The van der Waals surface area contributed by atoms with E-state index < -0.39 is 0 Å². The number of hydrogen-bond acceptors (Lipinski definition) is 3. The fourth-order valence-electron chi connectivity index (χ4n) is 4.04. The number of aromatic nitrogens is 2. The molecule has 1 atom stereocenters. The van der Waals surface area contributed by atoms with Crippen LogP contribution in [0.3, 0.4) is 0 Å². The van der Waals surface area contributed by atoms with E-state index in [4.69, 9.17) is 0 Å². The summed E-state index contributed by atoms with van der Waals surface area (Å²) in [5.41, 5.74) is 3.66. The molecule has 1 heterocycles. The van der Waals surface area contributed by atoms with Crippen LogP contribution in [0.4, 0.5) is 5.82 Å². The summed E-state index contributed by atoms with van der Waals surface area (Å²) in [5, 5.41) is 13.2. The molecule has 4 rings (SSSR count). The lowest BCUT2D eigenvalue weighted by atomic mass is 9.78. The molecule has 1 saturated carbocycles.